The first-order valence-electron chi connectivity index (χ1n) is 7.14. The molecule has 0 saturated heterocycles. The highest BCUT2D eigenvalue weighted by Crippen LogP contribution is 2.47. The Labute approximate surface area is 141 Å². The van der Waals surface area contributed by atoms with Crippen LogP contribution in [0, 0.1) is 11.2 Å². The van der Waals surface area contributed by atoms with Gasteiger partial charge in [0, 0.05) is 10.2 Å². The molecule has 1 aliphatic carbocycles. The van der Waals surface area contributed by atoms with Crippen molar-refractivity contribution < 1.29 is 14.0 Å². The molecule has 1 aliphatic rings. The van der Waals surface area contributed by atoms with Crippen LogP contribution in [0.25, 0.3) is 0 Å². The minimum Gasteiger partial charge on any atom is -0.325 e. The van der Waals surface area contributed by atoms with Crippen LogP contribution >= 0.6 is 15.9 Å². The zero-order chi connectivity index (χ0) is 16.4. The topological polar surface area (TPSA) is 58.2 Å². The van der Waals surface area contributed by atoms with Crippen LogP contribution in [-0.4, -0.2) is 11.8 Å². The summed E-state index contributed by atoms with van der Waals surface area (Å²) in [6, 6.07) is 13.0. The minimum absolute atomic E-state index is 0.0824. The predicted octanol–water partition coefficient (Wildman–Crippen LogP) is 3.95. The minimum atomic E-state index is -1.12. The van der Waals surface area contributed by atoms with Gasteiger partial charge in [-0.15, -0.1) is 0 Å². The molecule has 2 amide bonds. The molecule has 4 nitrogen and oxygen atoms in total. The lowest BCUT2D eigenvalue weighted by molar-refractivity contribution is -0.131. The standard InChI is InChI=1S/C17H14BrFN2O2/c18-11-4-3-5-12(10-11)20-15(22)17(8-9-17)16(23)21-14-7-2-1-6-13(14)19/h1-7,10H,8-9H2,(H,20,22)(H,21,23). The Bertz CT molecular complexity index is 775. The molecular weight excluding hydrogens is 363 g/mol. The largest absolute Gasteiger partial charge is 0.325 e. The third kappa shape index (κ3) is 3.27. The Kier molecular flexibility index (Phi) is 4.17. The molecule has 0 atom stereocenters. The van der Waals surface area contributed by atoms with Crippen LogP contribution in [0.5, 0.6) is 0 Å². The fourth-order valence-corrected chi connectivity index (χ4v) is 2.70. The van der Waals surface area contributed by atoms with Crippen LogP contribution in [0.15, 0.2) is 53.0 Å². The molecule has 23 heavy (non-hydrogen) atoms. The van der Waals surface area contributed by atoms with E-state index in [4.69, 9.17) is 0 Å². The molecule has 0 bridgehead atoms. The third-order valence-corrected chi connectivity index (χ3v) is 4.32. The van der Waals surface area contributed by atoms with E-state index in [-0.39, 0.29) is 11.6 Å². The number of anilines is 2. The van der Waals surface area contributed by atoms with Crippen LogP contribution in [0.2, 0.25) is 0 Å². The van der Waals surface area contributed by atoms with Gasteiger partial charge in [-0.3, -0.25) is 9.59 Å². The lowest BCUT2D eigenvalue weighted by Gasteiger charge is -2.16. The molecule has 3 rings (SSSR count). The molecule has 1 fully saturated rings. The Hall–Kier alpha value is -2.21. The number of carbonyl (C=O) groups excluding carboxylic acids is 2. The van der Waals surface area contributed by atoms with Crippen molar-refractivity contribution in [2.24, 2.45) is 5.41 Å². The van der Waals surface area contributed by atoms with Crippen LogP contribution in [0.1, 0.15) is 12.8 Å². The lowest BCUT2D eigenvalue weighted by Crippen LogP contribution is -2.35. The maximum absolute atomic E-state index is 13.6. The second-order valence-corrected chi connectivity index (χ2v) is 6.40. The van der Waals surface area contributed by atoms with Crippen LogP contribution in [0.3, 0.4) is 0 Å². The molecule has 118 valence electrons. The monoisotopic (exact) mass is 376 g/mol. The van der Waals surface area contributed by atoms with E-state index in [2.05, 4.69) is 26.6 Å². The van der Waals surface area contributed by atoms with Gasteiger partial charge in [0.1, 0.15) is 11.2 Å². The Morgan fingerprint density at radius 1 is 1.00 bits per heavy atom. The summed E-state index contributed by atoms with van der Waals surface area (Å²) >= 11 is 3.33. The number of hydrogen-bond donors (Lipinski definition) is 2. The van der Waals surface area contributed by atoms with E-state index < -0.39 is 17.1 Å². The molecule has 0 heterocycles. The van der Waals surface area contributed by atoms with Gasteiger partial charge < -0.3 is 10.6 Å². The van der Waals surface area contributed by atoms with Crippen molar-refractivity contribution >= 4 is 39.1 Å². The summed E-state index contributed by atoms with van der Waals surface area (Å²) in [6.07, 6.45) is 0.903. The van der Waals surface area contributed by atoms with Crippen molar-refractivity contribution in [1.29, 1.82) is 0 Å². The molecule has 0 aromatic heterocycles. The van der Waals surface area contributed by atoms with Gasteiger partial charge in [-0.05, 0) is 43.2 Å². The summed E-state index contributed by atoms with van der Waals surface area (Å²) in [5.74, 6) is -1.37. The highest BCUT2D eigenvalue weighted by Gasteiger charge is 2.56. The van der Waals surface area contributed by atoms with Crippen molar-refractivity contribution in [1.82, 2.24) is 0 Å². The first-order chi connectivity index (χ1) is 11.0. The maximum atomic E-state index is 13.6. The number of hydrogen-bond acceptors (Lipinski definition) is 2. The summed E-state index contributed by atoms with van der Waals surface area (Å²) in [6.45, 7) is 0. The van der Waals surface area contributed by atoms with E-state index in [1.807, 2.05) is 6.07 Å². The van der Waals surface area contributed by atoms with Crippen molar-refractivity contribution in [2.75, 3.05) is 10.6 Å². The van der Waals surface area contributed by atoms with Gasteiger partial charge in [-0.25, -0.2) is 4.39 Å². The predicted molar refractivity (Wildman–Crippen MR) is 89.5 cm³/mol. The Morgan fingerprint density at radius 3 is 2.35 bits per heavy atom. The molecule has 6 heteroatoms. The normalized spacial score (nSPS) is 14.9. The van der Waals surface area contributed by atoms with Gasteiger partial charge in [0.2, 0.25) is 11.8 Å². The molecule has 0 aliphatic heterocycles. The zero-order valence-corrected chi connectivity index (χ0v) is 13.7. The van der Waals surface area contributed by atoms with Crippen molar-refractivity contribution in [3.63, 3.8) is 0 Å². The second kappa shape index (κ2) is 6.12. The number of halogens is 2. The van der Waals surface area contributed by atoms with E-state index in [0.717, 1.165) is 4.47 Å². The summed E-state index contributed by atoms with van der Waals surface area (Å²) in [7, 11) is 0. The van der Waals surface area contributed by atoms with Crippen molar-refractivity contribution in [2.45, 2.75) is 12.8 Å². The molecule has 0 spiro atoms. The number of para-hydroxylation sites is 1. The fourth-order valence-electron chi connectivity index (χ4n) is 2.30. The van der Waals surface area contributed by atoms with E-state index in [1.54, 1.807) is 24.3 Å². The molecule has 2 aromatic rings. The van der Waals surface area contributed by atoms with Crippen LogP contribution < -0.4 is 10.6 Å². The molecule has 2 aromatic carbocycles. The maximum Gasteiger partial charge on any atom is 0.240 e. The van der Waals surface area contributed by atoms with Gasteiger partial charge in [0.05, 0.1) is 5.69 Å². The summed E-state index contributed by atoms with van der Waals surface area (Å²) in [5.41, 5.74) is -0.432. The van der Waals surface area contributed by atoms with Gasteiger partial charge in [0.25, 0.3) is 0 Å². The van der Waals surface area contributed by atoms with Crippen molar-refractivity contribution in [3.8, 4) is 0 Å². The smallest absolute Gasteiger partial charge is 0.240 e. The zero-order valence-electron chi connectivity index (χ0n) is 12.1. The van der Waals surface area contributed by atoms with Crippen LogP contribution in [0.4, 0.5) is 15.8 Å². The number of nitrogens with one attached hydrogen (secondary N) is 2. The molecular formula is C17H14BrFN2O2. The highest BCUT2D eigenvalue weighted by atomic mass is 79.9. The SMILES string of the molecule is O=C(Nc1cccc(Br)c1)C1(C(=O)Nc2ccccc2F)CC1. The first-order valence-corrected chi connectivity index (χ1v) is 7.94. The Morgan fingerprint density at radius 2 is 1.70 bits per heavy atom. The number of amides is 2. The first kappa shape index (κ1) is 15.7. The highest BCUT2D eigenvalue weighted by molar-refractivity contribution is 9.10. The average molecular weight is 377 g/mol. The number of benzene rings is 2. The number of rotatable bonds is 4. The van der Waals surface area contributed by atoms with E-state index in [1.165, 1.54) is 18.2 Å². The average Bonchev–Trinajstić information content (AvgIpc) is 3.31. The fraction of sp³-hybridized carbons (Fsp3) is 0.176. The van der Waals surface area contributed by atoms with Gasteiger partial charge in [-0.2, -0.15) is 0 Å². The Balaban J connectivity index is 1.72. The molecule has 2 N–H and O–H groups in total. The molecule has 0 unspecified atom stereocenters. The summed E-state index contributed by atoms with van der Waals surface area (Å²) in [5, 5.41) is 5.25. The molecule has 1 saturated carbocycles. The van der Waals surface area contributed by atoms with E-state index >= 15 is 0 Å². The number of carbonyl (C=O) groups is 2. The molecule has 0 radical (unpaired) electrons. The van der Waals surface area contributed by atoms with Crippen LogP contribution in [-0.2, 0) is 9.59 Å². The van der Waals surface area contributed by atoms with Gasteiger partial charge in [-0.1, -0.05) is 34.1 Å². The quantitative estimate of drug-likeness (QED) is 0.793. The third-order valence-electron chi connectivity index (χ3n) is 3.82. The van der Waals surface area contributed by atoms with Gasteiger partial charge >= 0.3 is 0 Å². The van der Waals surface area contributed by atoms with Crippen molar-refractivity contribution in [3.05, 3.63) is 58.8 Å². The van der Waals surface area contributed by atoms with E-state index in [9.17, 15) is 14.0 Å². The van der Waals surface area contributed by atoms with Gasteiger partial charge in [0.15, 0.2) is 0 Å². The lowest BCUT2D eigenvalue weighted by atomic mass is 10.0. The van der Waals surface area contributed by atoms with E-state index in [0.29, 0.717) is 18.5 Å². The second-order valence-electron chi connectivity index (χ2n) is 5.48. The summed E-state index contributed by atoms with van der Waals surface area (Å²) in [4.78, 5) is 24.8. The summed E-state index contributed by atoms with van der Waals surface area (Å²) < 4.78 is 14.5.